The van der Waals surface area contributed by atoms with Gasteiger partial charge in [0, 0.05) is 55.0 Å². The summed E-state index contributed by atoms with van der Waals surface area (Å²) in [5, 5.41) is 4.02. The molecule has 0 unspecified atom stereocenters. The van der Waals surface area contributed by atoms with Crippen LogP contribution in [0.2, 0.25) is 0 Å². The van der Waals surface area contributed by atoms with E-state index in [0.717, 1.165) is 33.4 Å². The fourth-order valence-corrected chi connectivity index (χ4v) is 5.34. The van der Waals surface area contributed by atoms with Gasteiger partial charge in [-0.05, 0) is 43.2 Å². The number of aromatic nitrogens is 1. The lowest BCUT2D eigenvalue weighted by Crippen LogP contribution is -2.49. The number of rotatable bonds is 6. The molecule has 1 fully saturated rings. The summed E-state index contributed by atoms with van der Waals surface area (Å²) >= 11 is 0. The normalized spacial score (nSPS) is 15.3. The Balaban J connectivity index is 1.48. The highest BCUT2D eigenvalue weighted by Gasteiger charge is 2.26. The Hall–Kier alpha value is -2.88. The van der Waals surface area contributed by atoms with Crippen molar-refractivity contribution in [1.29, 1.82) is 0 Å². The molecule has 0 radical (unpaired) electrons. The predicted octanol–water partition coefficient (Wildman–Crippen LogP) is 2.45. The number of aromatic amines is 1. The van der Waals surface area contributed by atoms with Gasteiger partial charge in [-0.2, -0.15) is 4.31 Å². The molecule has 4 rings (SSSR count). The Morgan fingerprint density at radius 2 is 1.81 bits per heavy atom. The zero-order valence-electron chi connectivity index (χ0n) is 18.4. The molecular formula is C23H29N5O3S. The van der Waals surface area contributed by atoms with Crippen molar-refractivity contribution in [2.45, 2.75) is 13.8 Å². The Labute approximate surface area is 188 Å². The van der Waals surface area contributed by atoms with Crippen molar-refractivity contribution in [2.75, 3.05) is 48.7 Å². The first kappa shape index (κ1) is 22.3. The molecule has 0 saturated carbocycles. The van der Waals surface area contributed by atoms with Crippen molar-refractivity contribution in [3.8, 4) is 0 Å². The average molecular weight is 456 g/mol. The quantitative estimate of drug-likeness (QED) is 0.529. The van der Waals surface area contributed by atoms with Crippen molar-refractivity contribution in [1.82, 2.24) is 9.29 Å². The Kier molecular flexibility index (Phi) is 6.23. The lowest BCUT2D eigenvalue weighted by Gasteiger charge is -2.35. The molecule has 1 amide bonds. The first-order valence-corrected chi connectivity index (χ1v) is 12.3. The smallest absolute Gasteiger partial charge is 0.272 e. The number of hydrogen-bond acceptors (Lipinski definition) is 5. The fraction of sp³-hybridized carbons (Fsp3) is 0.348. The van der Waals surface area contributed by atoms with Crippen LogP contribution in [-0.2, 0) is 10.0 Å². The number of fused-ring (bicyclic) bond motifs is 1. The topological polar surface area (TPSA) is 112 Å². The van der Waals surface area contributed by atoms with Crippen molar-refractivity contribution >= 4 is 38.2 Å². The second-order valence-corrected chi connectivity index (χ2v) is 10.3. The maximum absolute atomic E-state index is 12.9. The molecule has 170 valence electrons. The Bertz CT molecular complexity index is 1240. The van der Waals surface area contributed by atoms with Gasteiger partial charge in [-0.15, -0.1) is 0 Å². The number of carbonyl (C=O) groups is 1. The fourth-order valence-electron chi connectivity index (χ4n) is 4.06. The monoisotopic (exact) mass is 455 g/mol. The van der Waals surface area contributed by atoms with E-state index in [-0.39, 0.29) is 18.2 Å². The number of nitrogens with zero attached hydrogens (tertiary/aromatic N) is 2. The van der Waals surface area contributed by atoms with Gasteiger partial charge in [-0.25, -0.2) is 8.42 Å². The number of nitrogens with one attached hydrogen (secondary N) is 2. The standard InChI is InChI=1S/C23H29N5O3S/c1-16-6-7-19(27-9-11-28(12-10-27)32(30,31)13-8-24)15-20(16)26-23(29)21-14-18-5-3-4-17(2)22(18)25-21/h3-7,14-15,25H,8-13,24H2,1-2H3,(H,26,29). The van der Waals surface area contributed by atoms with Gasteiger partial charge in [0.1, 0.15) is 5.69 Å². The number of piperazine rings is 1. The van der Waals surface area contributed by atoms with E-state index in [2.05, 4.69) is 15.2 Å². The molecule has 8 nitrogen and oxygen atoms in total. The lowest BCUT2D eigenvalue weighted by atomic mass is 10.1. The molecule has 0 bridgehead atoms. The maximum Gasteiger partial charge on any atom is 0.272 e. The minimum atomic E-state index is -3.29. The average Bonchev–Trinajstić information content (AvgIpc) is 3.21. The van der Waals surface area contributed by atoms with Gasteiger partial charge in [0.2, 0.25) is 10.0 Å². The zero-order chi connectivity index (χ0) is 22.9. The SMILES string of the molecule is Cc1ccc(N2CCN(S(=O)(=O)CCN)CC2)cc1NC(=O)c1cc2cccc(C)c2[nH]1. The first-order chi connectivity index (χ1) is 15.3. The molecule has 1 aromatic heterocycles. The molecule has 9 heteroatoms. The number of carbonyl (C=O) groups excluding carboxylic acids is 1. The third kappa shape index (κ3) is 4.50. The van der Waals surface area contributed by atoms with Crippen LogP contribution in [0.4, 0.5) is 11.4 Å². The summed E-state index contributed by atoms with van der Waals surface area (Å²) in [5.74, 6) is -0.223. The highest BCUT2D eigenvalue weighted by Crippen LogP contribution is 2.26. The molecule has 0 aliphatic carbocycles. The molecule has 0 spiro atoms. The summed E-state index contributed by atoms with van der Waals surface area (Å²) in [6.45, 7) is 6.10. The highest BCUT2D eigenvalue weighted by atomic mass is 32.2. The summed E-state index contributed by atoms with van der Waals surface area (Å²) in [7, 11) is -3.29. The number of amides is 1. The van der Waals surface area contributed by atoms with E-state index < -0.39 is 10.0 Å². The van der Waals surface area contributed by atoms with Crippen LogP contribution in [0.15, 0.2) is 42.5 Å². The summed E-state index contributed by atoms with van der Waals surface area (Å²) in [6.07, 6.45) is 0. The van der Waals surface area contributed by atoms with Crippen molar-refractivity contribution in [3.05, 3.63) is 59.3 Å². The van der Waals surface area contributed by atoms with E-state index in [9.17, 15) is 13.2 Å². The molecule has 2 heterocycles. The van der Waals surface area contributed by atoms with Gasteiger partial charge in [0.05, 0.1) is 5.75 Å². The number of H-pyrrole nitrogens is 1. The summed E-state index contributed by atoms with van der Waals surface area (Å²) < 4.78 is 26.0. The van der Waals surface area contributed by atoms with E-state index in [1.807, 2.05) is 56.3 Å². The van der Waals surface area contributed by atoms with Crippen LogP contribution in [0.1, 0.15) is 21.6 Å². The Morgan fingerprint density at radius 1 is 1.06 bits per heavy atom. The minimum Gasteiger partial charge on any atom is -0.369 e. The second kappa shape index (κ2) is 8.93. The van der Waals surface area contributed by atoms with Crippen molar-refractivity contribution in [2.24, 2.45) is 5.73 Å². The molecule has 0 atom stereocenters. The first-order valence-electron chi connectivity index (χ1n) is 10.7. The molecule has 3 aromatic rings. The van der Waals surface area contributed by atoms with Crippen LogP contribution in [0.3, 0.4) is 0 Å². The summed E-state index contributed by atoms with van der Waals surface area (Å²) in [5.41, 5.74) is 10.6. The summed E-state index contributed by atoms with van der Waals surface area (Å²) in [4.78, 5) is 18.3. The van der Waals surface area contributed by atoms with Gasteiger partial charge in [0.15, 0.2) is 0 Å². The van der Waals surface area contributed by atoms with Crippen LogP contribution >= 0.6 is 0 Å². The van der Waals surface area contributed by atoms with Crippen molar-refractivity contribution in [3.63, 3.8) is 0 Å². The number of para-hydroxylation sites is 1. The highest BCUT2D eigenvalue weighted by molar-refractivity contribution is 7.89. The predicted molar refractivity (Wildman–Crippen MR) is 129 cm³/mol. The zero-order valence-corrected chi connectivity index (χ0v) is 19.2. The van der Waals surface area contributed by atoms with E-state index in [0.29, 0.717) is 31.9 Å². The number of sulfonamides is 1. The Morgan fingerprint density at radius 3 is 2.50 bits per heavy atom. The molecule has 1 aliphatic rings. The summed E-state index contributed by atoms with van der Waals surface area (Å²) in [6, 6.07) is 13.7. The van der Waals surface area contributed by atoms with Gasteiger partial charge in [-0.3, -0.25) is 4.79 Å². The van der Waals surface area contributed by atoms with Crippen LogP contribution in [0.5, 0.6) is 0 Å². The lowest BCUT2D eigenvalue weighted by molar-refractivity contribution is 0.102. The van der Waals surface area contributed by atoms with Gasteiger partial charge < -0.3 is 20.9 Å². The van der Waals surface area contributed by atoms with Gasteiger partial charge in [-0.1, -0.05) is 24.3 Å². The molecule has 4 N–H and O–H groups in total. The molecular weight excluding hydrogens is 426 g/mol. The largest absolute Gasteiger partial charge is 0.369 e. The number of aryl methyl sites for hydroxylation is 2. The number of benzene rings is 2. The van der Waals surface area contributed by atoms with E-state index in [4.69, 9.17) is 5.73 Å². The molecule has 1 aliphatic heterocycles. The molecule has 32 heavy (non-hydrogen) atoms. The third-order valence-corrected chi connectivity index (χ3v) is 7.86. The number of anilines is 2. The van der Waals surface area contributed by atoms with Gasteiger partial charge in [0.25, 0.3) is 5.91 Å². The van der Waals surface area contributed by atoms with Crippen LogP contribution in [-0.4, -0.2) is 62.1 Å². The van der Waals surface area contributed by atoms with Crippen molar-refractivity contribution < 1.29 is 13.2 Å². The molecule has 1 saturated heterocycles. The number of hydrogen-bond donors (Lipinski definition) is 3. The van der Waals surface area contributed by atoms with Crippen LogP contribution in [0.25, 0.3) is 10.9 Å². The maximum atomic E-state index is 12.9. The van der Waals surface area contributed by atoms with Gasteiger partial charge >= 0.3 is 0 Å². The minimum absolute atomic E-state index is 0.0268. The molecule has 2 aromatic carbocycles. The van der Waals surface area contributed by atoms with E-state index >= 15 is 0 Å². The van der Waals surface area contributed by atoms with E-state index in [1.165, 1.54) is 4.31 Å². The number of nitrogens with two attached hydrogens (primary N) is 1. The second-order valence-electron chi connectivity index (χ2n) is 8.17. The van der Waals surface area contributed by atoms with Crippen LogP contribution < -0.4 is 16.0 Å². The third-order valence-electron chi connectivity index (χ3n) is 5.95. The van der Waals surface area contributed by atoms with Crippen LogP contribution in [0, 0.1) is 13.8 Å². The van der Waals surface area contributed by atoms with E-state index in [1.54, 1.807) is 0 Å².